The summed E-state index contributed by atoms with van der Waals surface area (Å²) in [7, 11) is 1.73. The molecular formula is C14H16FN5O. The second kappa shape index (κ2) is 5.51. The lowest BCUT2D eigenvalue weighted by Gasteiger charge is -2.18. The van der Waals surface area contributed by atoms with Crippen LogP contribution in [0.5, 0.6) is 6.01 Å². The smallest absolute Gasteiger partial charge is 0.323 e. The predicted molar refractivity (Wildman–Crippen MR) is 77.7 cm³/mol. The quantitative estimate of drug-likeness (QED) is 0.930. The normalized spacial score (nSPS) is 13.2. The van der Waals surface area contributed by atoms with Gasteiger partial charge in [-0.15, -0.1) is 0 Å². The molecule has 0 spiro atoms. The van der Waals surface area contributed by atoms with Crippen LogP contribution in [-0.2, 0) is 6.42 Å². The molecule has 0 saturated carbocycles. The van der Waals surface area contributed by atoms with Gasteiger partial charge in [-0.05, 0) is 31.0 Å². The number of hydrogen-bond donors (Lipinski definition) is 1. The number of nitrogens with zero attached hydrogens (tertiary/aromatic N) is 4. The number of hydrogen-bond acceptors (Lipinski definition) is 6. The molecule has 2 heterocycles. The minimum absolute atomic E-state index is 0.261. The molecule has 0 bridgehead atoms. The van der Waals surface area contributed by atoms with Crippen LogP contribution in [0.3, 0.4) is 0 Å². The summed E-state index contributed by atoms with van der Waals surface area (Å²) in [4.78, 5) is 14.6. The molecule has 3 rings (SSSR count). The average molecular weight is 289 g/mol. The fraction of sp³-hybridized carbons (Fsp3) is 0.357. The largest absolute Gasteiger partial charge is 0.464 e. The van der Waals surface area contributed by atoms with Crippen LogP contribution in [0.1, 0.15) is 12.5 Å². The zero-order valence-electron chi connectivity index (χ0n) is 11.9. The molecule has 1 aliphatic heterocycles. The molecular weight excluding hydrogens is 273 g/mol. The molecule has 1 N–H and O–H groups in total. The van der Waals surface area contributed by atoms with Gasteiger partial charge in [-0.25, -0.2) is 4.39 Å². The van der Waals surface area contributed by atoms with Gasteiger partial charge in [0.25, 0.3) is 0 Å². The van der Waals surface area contributed by atoms with Gasteiger partial charge in [0.2, 0.25) is 11.9 Å². The molecule has 0 saturated heterocycles. The summed E-state index contributed by atoms with van der Waals surface area (Å²) in [6, 6.07) is 5.04. The van der Waals surface area contributed by atoms with Gasteiger partial charge in [-0.2, -0.15) is 15.0 Å². The van der Waals surface area contributed by atoms with E-state index in [2.05, 4.69) is 20.3 Å². The third kappa shape index (κ3) is 2.58. The second-order valence-corrected chi connectivity index (χ2v) is 4.60. The Hall–Kier alpha value is -2.44. The van der Waals surface area contributed by atoms with E-state index in [9.17, 15) is 4.39 Å². The molecule has 0 unspecified atom stereocenters. The van der Waals surface area contributed by atoms with Crippen LogP contribution in [0.25, 0.3) is 0 Å². The van der Waals surface area contributed by atoms with Crippen LogP contribution in [0, 0.1) is 5.82 Å². The lowest BCUT2D eigenvalue weighted by molar-refractivity contribution is 0.312. The summed E-state index contributed by atoms with van der Waals surface area (Å²) in [6.45, 7) is 3.04. The van der Waals surface area contributed by atoms with Crippen molar-refractivity contribution in [3.8, 4) is 6.01 Å². The van der Waals surface area contributed by atoms with Gasteiger partial charge in [0.15, 0.2) is 0 Å². The van der Waals surface area contributed by atoms with Gasteiger partial charge in [-0.1, -0.05) is 6.07 Å². The van der Waals surface area contributed by atoms with Crippen molar-refractivity contribution < 1.29 is 9.13 Å². The number of fused-ring (bicyclic) bond motifs is 1. The van der Waals surface area contributed by atoms with E-state index in [1.165, 1.54) is 12.1 Å². The molecule has 0 fully saturated rings. The molecule has 1 aliphatic rings. The Morgan fingerprint density at radius 3 is 2.95 bits per heavy atom. The van der Waals surface area contributed by atoms with Crippen molar-refractivity contribution in [1.29, 1.82) is 0 Å². The first-order valence-electron chi connectivity index (χ1n) is 6.84. The van der Waals surface area contributed by atoms with E-state index in [1.54, 1.807) is 13.1 Å². The van der Waals surface area contributed by atoms with E-state index >= 15 is 0 Å². The summed E-state index contributed by atoms with van der Waals surface area (Å²) in [5.74, 6) is 0.615. The monoisotopic (exact) mass is 289 g/mol. The van der Waals surface area contributed by atoms with E-state index in [0.29, 0.717) is 25.0 Å². The van der Waals surface area contributed by atoms with Crippen molar-refractivity contribution in [3.05, 3.63) is 29.6 Å². The molecule has 110 valence electrons. The van der Waals surface area contributed by atoms with E-state index in [4.69, 9.17) is 4.74 Å². The predicted octanol–water partition coefficient (Wildman–Crippen LogP) is 2.15. The van der Waals surface area contributed by atoms with Gasteiger partial charge in [0, 0.05) is 13.6 Å². The summed E-state index contributed by atoms with van der Waals surface area (Å²) in [5.41, 5.74) is 1.88. The Labute approximate surface area is 122 Å². The fourth-order valence-corrected chi connectivity index (χ4v) is 2.33. The Balaban J connectivity index is 2.02. The maximum Gasteiger partial charge on any atom is 0.323 e. The van der Waals surface area contributed by atoms with Crippen LogP contribution < -0.4 is 15.0 Å². The highest BCUT2D eigenvalue weighted by atomic mass is 19.1. The maximum atomic E-state index is 13.5. The molecule has 6 nitrogen and oxygen atoms in total. The fourth-order valence-electron chi connectivity index (χ4n) is 2.33. The topological polar surface area (TPSA) is 63.2 Å². The zero-order chi connectivity index (χ0) is 14.8. The molecule has 0 radical (unpaired) electrons. The molecule has 1 aromatic carbocycles. The number of aromatic nitrogens is 3. The second-order valence-electron chi connectivity index (χ2n) is 4.60. The highest BCUT2D eigenvalue weighted by Gasteiger charge is 2.24. The summed E-state index contributed by atoms with van der Waals surface area (Å²) in [6.07, 6.45) is 0.833. The molecule has 0 atom stereocenters. The summed E-state index contributed by atoms with van der Waals surface area (Å²) in [5, 5.41) is 2.88. The first-order valence-corrected chi connectivity index (χ1v) is 6.84. The number of nitrogens with one attached hydrogen (secondary N) is 1. The Morgan fingerprint density at radius 2 is 2.19 bits per heavy atom. The third-order valence-corrected chi connectivity index (χ3v) is 3.28. The Kier molecular flexibility index (Phi) is 3.55. The van der Waals surface area contributed by atoms with E-state index in [-0.39, 0.29) is 11.8 Å². The summed E-state index contributed by atoms with van der Waals surface area (Å²) >= 11 is 0. The molecule has 0 aliphatic carbocycles. The molecule has 2 aromatic rings. The molecule has 0 amide bonds. The molecule has 1 aromatic heterocycles. The lowest BCUT2D eigenvalue weighted by atomic mass is 10.2. The van der Waals surface area contributed by atoms with Crippen molar-refractivity contribution in [2.45, 2.75) is 13.3 Å². The first-order chi connectivity index (χ1) is 10.2. The van der Waals surface area contributed by atoms with Crippen LogP contribution in [0.15, 0.2) is 18.2 Å². The van der Waals surface area contributed by atoms with Crippen molar-refractivity contribution in [2.75, 3.05) is 30.4 Å². The van der Waals surface area contributed by atoms with Gasteiger partial charge in [0.1, 0.15) is 5.82 Å². The van der Waals surface area contributed by atoms with Crippen LogP contribution in [0.4, 0.5) is 22.0 Å². The van der Waals surface area contributed by atoms with Gasteiger partial charge in [-0.3, -0.25) is 0 Å². The standard InChI is InChI=1S/C14H16FN5O/c1-3-21-14-18-12(16-2)17-13(19-14)20-7-6-9-4-5-10(15)8-11(9)20/h4-5,8H,3,6-7H2,1-2H3,(H,16,17,18,19). The maximum absolute atomic E-state index is 13.5. The van der Waals surface area contributed by atoms with Gasteiger partial charge < -0.3 is 15.0 Å². The number of benzene rings is 1. The molecule has 21 heavy (non-hydrogen) atoms. The van der Waals surface area contributed by atoms with Crippen LogP contribution >= 0.6 is 0 Å². The number of anilines is 3. The lowest BCUT2D eigenvalue weighted by Crippen LogP contribution is -2.18. The SMILES string of the molecule is CCOc1nc(NC)nc(N2CCc3ccc(F)cc32)n1. The Bertz CT molecular complexity index is 664. The average Bonchev–Trinajstić information content (AvgIpc) is 2.90. The van der Waals surface area contributed by atoms with Crippen molar-refractivity contribution in [3.63, 3.8) is 0 Å². The first kappa shape index (κ1) is 13.5. The highest BCUT2D eigenvalue weighted by Crippen LogP contribution is 2.33. The van der Waals surface area contributed by atoms with Crippen molar-refractivity contribution >= 4 is 17.6 Å². The Morgan fingerprint density at radius 1 is 1.33 bits per heavy atom. The van der Waals surface area contributed by atoms with Crippen LogP contribution in [-0.4, -0.2) is 35.2 Å². The summed E-state index contributed by atoms with van der Waals surface area (Å²) < 4.78 is 18.8. The van der Waals surface area contributed by atoms with Crippen LogP contribution in [0.2, 0.25) is 0 Å². The minimum atomic E-state index is -0.270. The zero-order valence-corrected chi connectivity index (χ0v) is 11.9. The number of ether oxygens (including phenoxy) is 1. The number of halogens is 1. The minimum Gasteiger partial charge on any atom is -0.464 e. The number of rotatable bonds is 4. The van der Waals surface area contributed by atoms with E-state index < -0.39 is 0 Å². The van der Waals surface area contributed by atoms with Gasteiger partial charge >= 0.3 is 6.01 Å². The van der Waals surface area contributed by atoms with Crippen molar-refractivity contribution in [1.82, 2.24) is 15.0 Å². The van der Waals surface area contributed by atoms with E-state index in [1.807, 2.05) is 11.8 Å². The van der Waals surface area contributed by atoms with E-state index in [0.717, 1.165) is 17.7 Å². The van der Waals surface area contributed by atoms with Crippen molar-refractivity contribution in [2.24, 2.45) is 0 Å². The third-order valence-electron chi connectivity index (χ3n) is 3.28. The highest BCUT2D eigenvalue weighted by molar-refractivity contribution is 5.66. The van der Waals surface area contributed by atoms with Gasteiger partial charge in [0.05, 0.1) is 12.3 Å². The molecule has 7 heteroatoms.